The zero-order valence-corrected chi connectivity index (χ0v) is 12.4. The Morgan fingerprint density at radius 3 is 2.56 bits per heavy atom. The van der Waals surface area contributed by atoms with E-state index < -0.39 is 10.0 Å². The van der Waals surface area contributed by atoms with Crippen LogP contribution in [-0.4, -0.2) is 69.3 Å². The maximum atomic E-state index is 12.1. The van der Waals surface area contributed by atoms with Gasteiger partial charge in [-0.05, 0) is 25.9 Å². The first-order chi connectivity index (χ1) is 8.68. The van der Waals surface area contributed by atoms with Gasteiger partial charge in [0.05, 0.1) is 5.25 Å². The second-order valence-corrected chi connectivity index (χ2v) is 8.11. The van der Waals surface area contributed by atoms with Gasteiger partial charge in [-0.3, -0.25) is 0 Å². The lowest BCUT2D eigenvalue weighted by molar-refractivity contribution is 0.307. The Morgan fingerprint density at radius 2 is 1.89 bits per heavy atom. The fraction of sp³-hybridized carbons (Fsp3) is 1.00. The number of rotatable bonds is 5. The van der Waals surface area contributed by atoms with Crippen molar-refractivity contribution in [3.05, 3.63) is 0 Å². The monoisotopic (exact) mass is 293 g/mol. The standard InChI is InChI=1S/C11H23N3O2S2/c15-18(16,11-1-3-12-4-2-11)13-5-6-14-7-9-17-10-8-14/h11-13H,1-10H2. The van der Waals surface area contributed by atoms with Crippen LogP contribution in [0.15, 0.2) is 0 Å². The molecule has 0 aromatic carbocycles. The van der Waals surface area contributed by atoms with Crippen molar-refractivity contribution in [1.29, 1.82) is 0 Å². The molecule has 0 aromatic rings. The summed E-state index contributed by atoms with van der Waals surface area (Å²) in [7, 11) is -3.11. The molecule has 0 bridgehead atoms. The maximum absolute atomic E-state index is 12.1. The lowest BCUT2D eigenvalue weighted by Gasteiger charge is -2.27. The summed E-state index contributed by atoms with van der Waals surface area (Å²) in [5, 5.41) is 2.99. The van der Waals surface area contributed by atoms with Gasteiger partial charge in [-0.25, -0.2) is 13.1 Å². The van der Waals surface area contributed by atoms with Crippen LogP contribution in [0.3, 0.4) is 0 Å². The van der Waals surface area contributed by atoms with E-state index in [1.165, 1.54) is 11.5 Å². The Balaban J connectivity index is 1.70. The van der Waals surface area contributed by atoms with Crippen molar-refractivity contribution in [2.45, 2.75) is 18.1 Å². The van der Waals surface area contributed by atoms with E-state index in [-0.39, 0.29) is 5.25 Å². The number of hydrogen-bond donors (Lipinski definition) is 2. The minimum Gasteiger partial charge on any atom is -0.317 e. The molecule has 18 heavy (non-hydrogen) atoms. The van der Waals surface area contributed by atoms with Gasteiger partial charge in [-0.15, -0.1) is 0 Å². The molecule has 0 aliphatic carbocycles. The van der Waals surface area contributed by atoms with E-state index in [1.807, 2.05) is 11.8 Å². The topological polar surface area (TPSA) is 61.4 Å². The van der Waals surface area contributed by atoms with Gasteiger partial charge >= 0.3 is 0 Å². The Hall–Kier alpha value is 0.180. The van der Waals surface area contributed by atoms with Crippen molar-refractivity contribution in [1.82, 2.24) is 14.9 Å². The van der Waals surface area contributed by atoms with Crippen molar-refractivity contribution in [2.24, 2.45) is 0 Å². The summed E-state index contributed by atoms with van der Waals surface area (Å²) >= 11 is 1.97. The second kappa shape index (κ2) is 7.09. The smallest absolute Gasteiger partial charge is 0.214 e. The van der Waals surface area contributed by atoms with Gasteiger partial charge in [0.25, 0.3) is 0 Å². The predicted molar refractivity (Wildman–Crippen MR) is 76.6 cm³/mol. The Morgan fingerprint density at radius 1 is 1.22 bits per heavy atom. The van der Waals surface area contributed by atoms with E-state index in [4.69, 9.17) is 0 Å². The molecule has 106 valence electrons. The van der Waals surface area contributed by atoms with Crippen molar-refractivity contribution in [3.8, 4) is 0 Å². The van der Waals surface area contributed by atoms with E-state index in [0.717, 1.165) is 45.6 Å². The Bertz CT molecular complexity index is 336. The average molecular weight is 293 g/mol. The summed E-state index contributed by atoms with van der Waals surface area (Å²) in [4.78, 5) is 2.33. The van der Waals surface area contributed by atoms with Crippen LogP contribution in [0.4, 0.5) is 0 Å². The van der Waals surface area contributed by atoms with E-state index in [1.54, 1.807) is 0 Å². The molecule has 0 aromatic heterocycles. The van der Waals surface area contributed by atoms with Gasteiger partial charge in [0.1, 0.15) is 0 Å². The fourth-order valence-electron chi connectivity index (χ4n) is 2.39. The molecule has 2 N–H and O–H groups in total. The van der Waals surface area contributed by atoms with Gasteiger partial charge in [0, 0.05) is 37.7 Å². The number of thioether (sulfide) groups is 1. The number of nitrogens with zero attached hydrogens (tertiary/aromatic N) is 1. The first kappa shape index (κ1) is 14.6. The Labute approximate surface area is 114 Å². The molecule has 2 heterocycles. The second-order valence-electron chi connectivity index (χ2n) is 4.84. The molecule has 2 saturated heterocycles. The molecule has 7 heteroatoms. The lowest BCUT2D eigenvalue weighted by atomic mass is 10.2. The molecule has 0 amide bonds. The molecule has 0 atom stereocenters. The summed E-state index contributed by atoms with van der Waals surface area (Å²) in [6, 6.07) is 0. The van der Waals surface area contributed by atoms with Crippen molar-refractivity contribution >= 4 is 21.8 Å². The first-order valence-electron chi connectivity index (χ1n) is 6.68. The number of nitrogens with one attached hydrogen (secondary N) is 2. The maximum Gasteiger partial charge on any atom is 0.214 e. The highest BCUT2D eigenvalue weighted by molar-refractivity contribution is 7.99. The quantitative estimate of drug-likeness (QED) is 0.729. The van der Waals surface area contributed by atoms with E-state index in [9.17, 15) is 8.42 Å². The van der Waals surface area contributed by atoms with Gasteiger partial charge < -0.3 is 10.2 Å². The third-order valence-corrected chi connectivity index (χ3v) is 6.46. The summed E-state index contributed by atoms with van der Waals surface area (Å²) in [5.41, 5.74) is 0. The zero-order chi connectivity index (χ0) is 12.8. The molecule has 2 aliphatic heterocycles. The van der Waals surface area contributed by atoms with Crippen LogP contribution in [-0.2, 0) is 10.0 Å². The third-order valence-electron chi connectivity index (χ3n) is 3.56. The molecule has 0 unspecified atom stereocenters. The molecule has 0 saturated carbocycles. The van der Waals surface area contributed by atoms with Crippen molar-refractivity contribution < 1.29 is 8.42 Å². The van der Waals surface area contributed by atoms with Gasteiger partial charge in [0.15, 0.2) is 0 Å². The van der Waals surface area contributed by atoms with Crippen LogP contribution >= 0.6 is 11.8 Å². The van der Waals surface area contributed by atoms with Gasteiger partial charge in [-0.1, -0.05) is 0 Å². The molecule has 2 fully saturated rings. The van der Waals surface area contributed by atoms with E-state index in [2.05, 4.69) is 14.9 Å². The lowest BCUT2D eigenvalue weighted by Crippen LogP contribution is -2.44. The van der Waals surface area contributed by atoms with E-state index >= 15 is 0 Å². The molecule has 0 spiro atoms. The fourth-order valence-corrected chi connectivity index (χ4v) is 4.84. The predicted octanol–water partition coefficient (Wildman–Crippen LogP) is -0.293. The summed E-state index contributed by atoms with van der Waals surface area (Å²) in [6.45, 7) is 5.19. The highest BCUT2D eigenvalue weighted by Crippen LogP contribution is 2.12. The number of hydrogen-bond acceptors (Lipinski definition) is 5. The van der Waals surface area contributed by atoms with Crippen LogP contribution in [0, 0.1) is 0 Å². The summed E-state index contributed by atoms with van der Waals surface area (Å²) < 4.78 is 26.9. The molecule has 2 aliphatic rings. The van der Waals surface area contributed by atoms with Crippen molar-refractivity contribution in [3.63, 3.8) is 0 Å². The summed E-state index contributed by atoms with van der Waals surface area (Å²) in [5.74, 6) is 2.34. The highest BCUT2D eigenvalue weighted by atomic mass is 32.2. The van der Waals surface area contributed by atoms with Gasteiger partial charge in [-0.2, -0.15) is 11.8 Å². The average Bonchev–Trinajstić information content (AvgIpc) is 2.41. The van der Waals surface area contributed by atoms with Crippen molar-refractivity contribution in [2.75, 3.05) is 50.8 Å². The molecule has 5 nitrogen and oxygen atoms in total. The zero-order valence-electron chi connectivity index (χ0n) is 10.7. The summed E-state index contributed by atoms with van der Waals surface area (Å²) in [6.07, 6.45) is 1.46. The largest absolute Gasteiger partial charge is 0.317 e. The minimum atomic E-state index is -3.11. The van der Waals surface area contributed by atoms with E-state index in [0.29, 0.717) is 6.54 Å². The van der Waals surface area contributed by atoms with Crippen LogP contribution < -0.4 is 10.0 Å². The van der Waals surface area contributed by atoms with Crippen LogP contribution in [0.2, 0.25) is 0 Å². The minimum absolute atomic E-state index is 0.198. The third kappa shape index (κ3) is 4.38. The number of piperidine rings is 1. The molecule has 0 radical (unpaired) electrons. The first-order valence-corrected chi connectivity index (χ1v) is 9.38. The van der Waals surface area contributed by atoms with Crippen LogP contribution in [0.1, 0.15) is 12.8 Å². The molecule has 2 rings (SSSR count). The highest BCUT2D eigenvalue weighted by Gasteiger charge is 2.26. The molecular formula is C11H23N3O2S2. The number of sulfonamides is 1. The Kier molecular flexibility index (Phi) is 5.75. The normalized spacial score (nSPS) is 24.2. The SMILES string of the molecule is O=S(=O)(NCCN1CCSCC1)C1CCNCC1. The van der Waals surface area contributed by atoms with Crippen LogP contribution in [0.25, 0.3) is 0 Å². The van der Waals surface area contributed by atoms with Crippen LogP contribution in [0.5, 0.6) is 0 Å². The van der Waals surface area contributed by atoms with Gasteiger partial charge in [0.2, 0.25) is 10.0 Å². The molecular weight excluding hydrogens is 270 g/mol.